The van der Waals surface area contributed by atoms with Crippen LogP contribution in [0.1, 0.15) is 37.8 Å². The van der Waals surface area contributed by atoms with Crippen LogP contribution >= 0.6 is 0 Å². The zero-order valence-electron chi connectivity index (χ0n) is 10.4. The molecule has 1 heterocycles. The average Bonchev–Trinajstić information content (AvgIpc) is 3.13. The van der Waals surface area contributed by atoms with Gasteiger partial charge in [-0.2, -0.15) is 0 Å². The number of nitrogens with one attached hydrogen (secondary N) is 1. The number of anilines is 1. The fourth-order valence-electron chi connectivity index (χ4n) is 1.72. The van der Waals surface area contributed by atoms with E-state index in [1.165, 1.54) is 12.4 Å². The molecule has 0 amide bonds. The molecule has 1 saturated carbocycles. The molecule has 0 aromatic carbocycles. The second-order valence-corrected chi connectivity index (χ2v) is 6.44. The van der Waals surface area contributed by atoms with Crippen molar-refractivity contribution < 1.29 is 18.3 Å². The Kier molecular flexibility index (Phi) is 3.70. The van der Waals surface area contributed by atoms with Crippen molar-refractivity contribution in [3.63, 3.8) is 0 Å². The maximum atomic E-state index is 11.8. The first kappa shape index (κ1) is 13.7. The summed E-state index contributed by atoms with van der Waals surface area (Å²) in [4.78, 5) is 18.9. The van der Waals surface area contributed by atoms with E-state index < -0.39 is 21.9 Å². The second-order valence-electron chi connectivity index (χ2n) is 4.47. The molecule has 1 fully saturated rings. The van der Waals surface area contributed by atoms with Crippen molar-refractivity contribution in [2.45, 2.75) is 37.4 Å². The first-order valence-electron chi connectivity index (χ1n) is 6.00. The molecule has 0 saturated heterocycles. The van der Waals surface area contributed by atoms with Gasteiger partial charge in [-0.05, 0) is 19.3 Å². The van der Waals surface area contributed by atoms with Crippen molar-refractivity contribution in [1.82, 2.24) is 9.97 Å². The predicted molar refractivity (Wildman–Crippen MR) is 68.3 cm³/mol. The summed E-state index contributed by atoms with van der Waals surface area (Å²) in [6.07, 6.45) is 4.28. The zero-order valence-corrected chi connectivity index (χ0v) is 11.2. The van der Waals surface area contributed by atoms with E-state index in [-0.39, 0.29) is 16.8 Å². The quantitative estimate of drug-likeness (QED) is 0.805. The van der Waals surface area contributed by atoms with Gasteiger partial charge in [0.15, 0.2) is 5.82 Å². The summed E-state index contributed by atoms with van der Waals surface area (Å²) in [6, 6.07) is 0. The van der Waals surface area contributed by atoms with E-state index in [2.05, 4.69) is 14.7 Å². The number of nitrogens with zero attached hydrogens (tertiary/aromatic N) is 2. The molecule has 1 aromatic heterocycles. The normalized spacial score (nSPS) is 16.9. The Labute approximate surface area is 111 Å². The van der Waals surface area contributed by atoms with Gasteiger partial charge in [0.25, 0.3) is 0 Å². The van der Waals surface area contributed by atoms with Gasteiger partial charge >= 0.3 is 5.97 Å². The van der Waals surface area contributed by atoms with Crippen LogP contribution in [0, 0.1) is 0 Å². The molecule has 1 unspecified atom stereocenters. The molecule has 2 rings (SSSR count). The first-order chi connectivity index (χ1) is 8.94. The molecular weight excluding hydrogens is 270 g/mol. The Morgan fingerprint density at radius 3 is 2.74 bits per heavy atom. The van der Waals surface area contributed by atoms with Gasteiger partial charge in [-0.1, -0.05) is 6.92 Å². The molecule has 104 valence electrons. The average molecular weight is 285 g/mol. The monoisotopic (exact) mass is 285 g/mol. The second kappa shape index (κ2) is 5.12. The molecule has 8 heteroatoms. The molecule has 0 bridgehead atoms. The number of aromatic nitrogens is 2. The van der Waals surface area contributed by atoms with Crippen LogP contribution in [-0.2, 0) is 14.8 Å². The number of carboxylic acids is 1. The highest BCUT2D eigenvalue weighted by Crippen LogP contribution is 2.29. The zero-order chi connectivity index (χ0) is 14.0. The van der Waals surface area contributed by atoms with E-state index in [1.807, 2.05) is 0 Å². The van der Waals surface area contributed by atoms with Crippen molar-refractivity contribution in [3.8, 4) is 0 Å². The number of hydrogen-bond acceptors (Lipinski definition) is 5. The van der Waals surface area contributed by atoms with Crippen molar-refractivity contribution >= 4 is 21.8 Å². The van der Waals surface area contributed by atoms with Crippen LogP contribution in [0.15, 0.2) is 12.4 Å². The van der Waals surface area contributed by atoms with Crippen LogP contribution in [0.25, 0.3) is 0 Å². The van der Waals surface area contributed by atoms with Gasteiger partial charge in [-0.15, -0.1) is 0 Å². The third-order valence-corrected chi connectivity index (χ3v) is 4.77. The standard InChI is InChI=1S/C11H15N3O4S/c1-2-8(11(15)16)9-5-12-6-10(13-9)14-19(17,18)7-3-4-7/h5-8H,2-4H2,1H3,(H,13,14)(H,15,16). The molecule has 19 heavy (non-hydrogen) atoms. The number of carboxylic acid groups (broad SMARTS) is 1. The van der Waals surface area contributed by atoms with E-state index in [9.17, 15) is 13.2 Å². The Morgan fingerprint density at radius 1 is 1.53 bits per heavy atom. The Morgan fingerprint density at radius 2 is 2.21 bits per heavy atom. The molecule has 1 aliphatic carbocycles. The number of aliphatic carboxylic acids is 1. The highest BCUT2D eigenvalue weighted by Gasteiger charge is 2.36. The number of rotatable bonds is 6. The smallest absolute Gasteiger partial charge is 0.312 e. The summed E-state index contributed by atoms with van der Waals surface area (Å²) in [5.74, 6) is -1.71. The van der Waals surface area contributed by atoms with Crippen molar-refractivity contribution in [2.24, 2.45) is 0 Å². The lowest BCUT2D eigenvalue weighted by Crippen LogP contribution is -2.19. The summed E-state index contributed by atoms with van der Waals surface area (Å²) in [6.45, 7) is 1.72. The molecule has 2 N–H and O–H groups in total. The van der Waals surface area contributed by atoms with Gasteiger partial charge < -0.3 is 5.11 Å². The summed E-state index contributed by atoms with van der Waals surface area (Å²) in [5.41, 5.74) is 0.256. The van der Waals surface area contributed by atoms with Crippen molar-refractivity contribution in [3.05, 3.63) is 18.1 Å². The Bertz CT molecular complexity index is 583. The molecule has 7 nitrogen and oxygen atoms in total. The maximum absolute atomic E-state index is 11.8. The fraction of sp³-hybridized carbons (Fsp3) is 0.545. The topological polar surface area (TPSA) is 109 Å². The number of sulfonamides is 1. The minimum atomic E-state index is -3.41. The van der Waals surface area contributed by atoms with Crippen LogP contribution < -0.4 is 4.72 Å². The van der Waals surface area contributed by atoms with Crippen molar-refractivity contribution in [2.75, 3.05) is 4.72 Å². The summed E-state index contributed by atoms with van der Waals surface area (Å²) < 4.78 is 25.8. The van der Waals surface area contributed by atoms with E-state index in [4.69, 9.17) is 5.11 Å². The maximum Gasteiger partial charge on any atom is 0.312 e. The first-order valence-corrected chi connectivity index (χ1v) is 7.55. The number of hydrogen-bond donors (Lipinski definition) is 2. The third kappa shape index (κ3) is 3.19. The number of carbonyl (C=O) groups is 1. The molecule has 0 spiro atoms. The lowest BCUT2D eigenvalue weighted by atomic mass is 10.0. The van der Waals surface area contributed by atoms with E-state index in [1.54, 1.807) is 6.92 Å². The van der Waals surface area contributed by atoms with Crippen LogP contribution in [0.2, 0.25) is 0 Å². The minimum Gasteiger partial charge on any atom is -0.481 e. The molecule has 0 aliphatic heterocycles. The largest absolute Gasteiger partial charge is 0.481 e. The van der Waals surface area contributed by atoms with E-state index >= 15 is 0 Å². The lowest BCUT2D eigenvalue weighted by Gasteiger charge is -2.11. The van der Waals surface area contributed by atoms with Gasteiger partial charge in [0, 0.05) is 6.20 Å². The molecule has 1 atom stereocenters. The van der Waals surface area contributed by atoms with Crippen LogP contribution in [-0.4, -0.2) is 34.7 Å². The Balaban J connectivity index is 2.21. The van der Waals surface area contributed by atoms with Crippen LogP contribution in [0.4, 0.5) is 5.82 Å². The van der Waals surface area contributed by atoms with Gasteiger partial charge in [0.1, 0.15) is 5.92 Å². The minimum absolute atomic E-state index is 0.0732. The highest BCUT2D eigenvalue weighted by molar-refractivity contribution is 7.93. The van der Waals surface area contributed by atoms with E-state index in [0.717, 1.165) is 0 Å². The van der Waals surface area contributed by atoms with Crippen molar-refractivity contribution in [1.29, 1.82) is 0 Å². The predicted octanol–water partition coefficient (Wildman–Crippen LogP) is 0.959. The summed E-state index contributed by atoms with van der Waals surface area (Å²) in [7, 11) is -3.41. The SMILES string of the molecule is CCC(C(=O)O)c1cncc(NS(=O)(=O)C2CC2)n1. The lowest BCUT2D eigenvalue weighted by molar-refractivity contribution is -0.138. The van der Waals surface area contributed by atoms with Gasteiger partial charge in [-0.25, -0.2) is 13.4 Å². The molecular formula is C11H15N3O4S. The van der Waals surface area contributed by atoms with Crippen LogP contribution in [0.5, 0.6) is 0 Å². The van der Waals surface area contributed by atoms with Gasteiger partial charge in [-0.3, -0.25) is 14.5 Å². The third-order valence-electron chi connectivity index (χ3n) is 2.93. The summed E-state index contributed by atoms with van der Waals surface area (Å²) >= 11 is 0. The molecule has 1 aromatic rings. The fourth-order valence-corrected chi connectivity index (χ4v) is 3.03. The molecule has 1 aliphatic rings. The molecule has 0 radical (unpaired) electrons. The van der Waals surface area contributed by atoms with E-state index in [0.29, 0.717) is 19.3 Å². The Hall–Kier alpha value is -1.70. The highest BCUT2D eigenvalue weighted by atomic mass is 32.2. The van der Waals surface area contributed by atoms with Crippen LogP contribution in [0.3, 0.4) is 0 Å². The van der Waals surface area contributed by atoms with Gasteiger partial charge in [0.2, 0.25) is 10.0 Å². The van der Waals surface area contributed by atoms with Gasteiger partial charge in [0.05, 0.1) is 17.1 Å². The summed E-state index contributed by atoms with van der Waals surface area (Å²) in [5, 5.41) is 8.68.